The number of rotatable bonds is 0. The van der Waals surface area contributed by atoms with Gasteiger partial charge in [0.05, 0.1) is 10.4 Å². The molecule has 126 valence electrons. The van der Waals surface area contributed by atoms with E-state index in [0.717, 1.165) is 6.42 Å². The molecule has 2 atom stereocenters. The lowest BCUT2D eigenvalue weighted by Gasteiger charge is -2.39. The van der Waals surface area contributed by atoms with Crippen LogP contribution in [0.1, 0.15) is 25.3 Å². The predicted molar refractivity (Wildman–Crippen MR) is 96.9 cm³/mol. The van der Waals surface area contributed by atoms with Gasteiger partial charge in [0, 0.05) is 22.4 Å². The van der Waals surface area contributed by atoms with E-state index < -0.39 is 11.2 Å². The first-order chi connectivity index (χ1) is 11.9. The molecule has 1 aromatic heterocycles. The van der Waals surface area contributed by atoms with Crippen LogP contribution in [0.25, 0.3) is 21.7 Å². The Balaban J connectivity index is 1.93. The second kappa shape index (κ2) is 5.52. The Morgan fingerprint density at radius 1 is 1.28 bits per heavy atom. The summed E-state index contributed by atoms with van der Waals surface area (Å²) in [6, 6.07) is 7.85. The molecule has 0 spiro atoms. The number of benzene rings is 2. The fraction of sp³-hybridized carbons (Fsp3) is 0.250. The van der Waals surface area contributed by atoms with Crippen LogP contribution in [-0.2, 0) is 0 Å². The van der Waals surface area contributed by atoms with Gasteiger partial charge in [0.1, 0.15) is 16.9 Å². The lowest BCUT2D eigenvalue weighted by molar-refractivity contribution is -0.0331. The topological polar surface area (TPSA) is 70.7 Å². The summed E-state index contributed by atoms with van der Waals surface area (Å²) < 4.78 is 5.29. The minimum atomic E-state index is -0.965. The minimum Gasteiger partial charge on any atom is -0.508 e. The van der Waals surface area contributed by atoms with Gasteiger partial charge in [0.15, 0.2) is 0 Å². The first-order valence-electron chi connectivity index (χ1n) is 8.02. The SMILES string of the molecule is CC1CCC1(O)C#Cc1cc(Cl)c2c(c1)c(=O)oc1cc(O)ccc12. The lowest BCUT2D eigenvalue weighted by Crippen LogP contribution is -2.44. The van der Waals surface area contributed by atoms with Crippen LogP contribution in [0, 0.1) is 17.8 Å². The average molecular weight is 355 g/mol. The van der Waals surface area contributed by atoms with Gasteiger partial charge in [-0.05, 0) is 43.0 Å². The highest BCUT2D eigenvalue weighted by atomic mass is 35.5. The van der Waals surface area contributed by atoms with Crippen molar-refractivity contribution < 1.29 is 14.6 Å². The Bertz CT molecular complexity index is 1140. The predicted octanol–water partition coefficient (Wildman–Crippen LogP) is 3.82. The van der Waals surface area contributed by atoms with Crippen molar-refractivity contribution in [2.24, 2.45) is 5.92 Å². The van der Waals surface area contributed by atoms with E-state index >= 15 is 0 Å². The molecule has 0 aliphatic heterocycles. The highest BCUT2D eigenvalue weighted by Gasteiger charge is 2.40. The van der Waals surface area contributed by atoms with Crippen LogP contribution in [0.2, 0.25) is 5.02 Å². The highest BCUT2D eigenvalue weighted by molar-refractivity contribution is 6.37. The smallest absolute Gasteiger partial charge is 0.344 e. The van der Waals surface area contributed by atoms with Crippen molar-refractivity contribution in [2.45, 2.75) is 25.4 Å². The van der Waals surface area contributed by atoms with Crippen LogP contribution in [-0.4, -0.2) is 15.8 Å². The number of fused-ring (bicyclic) bond motifs is 3. The van der Waals surface area contributed by atoms with Crippen LogP contribution >= 0.6 is 11.6 Å². The Hall–Kier alpha value is -2.48. The van der Waals surface area contributed by atoms with Gasteiger partial charge in [-0.3, -0.25) is 0 Å². The molecule has 4 rings (SSSR count). The van der Waals surface area contributed by atoms with Crippen LogP contribution in [0.4, 0.5) is 0 Å². The maximum Gasteiger partial charge on any atom is 0.344 e. The third-order valence-corrected chi connectivity index (χ3v) is 5.24. The zero-order chi connectivity index (χ0) is 17.8. The Morgan fingerprint density at radius 2 is 2.08 bits per heavy atom. The molecule has 0 radical (unpaired) electrons. The Kier molecular flexibility index (Phi) is 3.54. The van der Waals surface area contributed by atoms with Crippen molar-refractivity contribution in [2.75, 3.05) is 0 Å². The van der Waals surface area contributed by atoms with Crippen molar-refractivity contribution in [3.05, 3.63) is 51.3 Å². The summed E-state index contributed by atoms with van der Waals surface area (Å²) >= 11 is 6.41. The molecule has 2 aromatic carbocycles. The molecule has 5 heteroatoms. The summed E-state index contributed by atoms with van der Waals surface area (Å²) in [5, 5.41) is 21.8. The number of aliphatic hydroxyl groups is 1. The van der Waals surface area contributed by atoms with Gasteiger partial charge in [0.25, 0.3) is 0 Å². The molecule has 1 heterocycles. The fourth-order valence-electron chi connectivity index (χ4n) is 3.14. The van der Waals surface area contributed by atoms with Crippen molar-refractivity contribution in [1.29, 1.82) is 0 Å². The van der Waals surface area contributed by atoms with E-state index in [2.05, 4.69) is 11.8 Å². The van der Waals surface area contributed by atoms with E-state index in [-0.39, 0.29) is 17.3 Å². The second-order valence-electron chi connectivity index (χ2n) is 6.56. The first-order valence-corrected chi connectivity index (χ1v) is 8.40. The number of phenols is 1. The molecule has 1 saturated carbocycles. The van der Waals surface area contributed by atoms with Gasteiger partial charge in [0.2, 0.25) is 0 Å². The molecular weight excluding hydrogens is 340 g/mol. The molecule has 2 unspecified atom stereocenters. The molecule has 0 amide bonds. The molecular formula is C20H15ClO4. The van der Waals surface area contributed by atoms with Gasteiger partial charge >= 0.3 is 5.63 Å². The first kappa shape index (κ1) is 16.0. The zero-order valence-corrected chi connectivity index (χ0v) is 14.2. The van der Waals surface area contributed by atoms with E-state index in [0.29, 0.717) is 33.2 Å². The standard InChI is InChI=1S/C20H15ClO4/c1-11-4-6-20(11,24)7-5-12-8-15-18(16(21)9-12)14-3-2-13(22)10-17(14)25-19(15)23/h2-3,8-11,22,24H,4,6H2,1H3. The van der Waals surface area contributed by atoms with E-state index in [1.165, 1.54) is 12.1 Å². The highest BCUT2D eigenvalue weighted by Crippen LogP contribution is 2.37. The number of hydrogen-bond acceptors (Lipinski definition) is 4. The molecule has 1 fully saturated rings. The molecule has 4 nitrogen and oxygen atoms in total. The molecule has 3 aromatic rings. The van der Waals surface area contributed by atoms with Gasteiger partial charge in [-0.2, -0.15) is 0 Å². The average Bonchev–Trinajstić information content (AvgIpc) is 2.58. The van der Waals surface area contributed by atoms with Crippen molar-refractivity contribution in [3.63, 3.8) is 0 Å². The van der Waals surface area contributed by atoms with E-state index in [4.69, 9.17) is 16.0 Å². The summed E-state index contributed by atoms with van der Waals surface area (Å²) in [7, 11) is 0. The van der Waals surface area contributed by atoms with Crippen LogP contribution < -0.4 is 5.63 Å². The van der Waals surface area contributed by atoms with Crippen LogP contribution in [0.5, 0.6) is 5.75 Å². The quantitative estimate of drug-likeness (QED) is 0.366. The molecule has 2 N–H and O–H groups in total. The van der Waals surface area contributed by atoms with Crippen LogP contribution in [0.15, 0.2) is 39.5 Å². The molecule has 1 aliphatic carbocycles. The second-order valence-corrected chi connectivity index (χ2v) is 6.97. The number of halogens is 1. The maximum atomic E-state index is 12.3. The van der Waals surface area contributed by atoms with E-state index in [1.807, 2.05) is 6.92 Å². The molecule has 0 bridgehead atoms. The fourth-order valence-corrected chi connectivity index (χ4v) is 3.46. The van der Waals surface area contributed by atoms with Gasteiger partial charge in [-0.1, -0.05) is 30.4 Å². The van der Waals surface area contributed by atoms with E-state index in [9.17, 15) is 15.0 Å². The lowest BCUT2D eigenvalue weighted by atomic mass is 9.71. The van der Waals surface area contributed by atoms with Crippen molar-refractivity contribution >= 4 is 33.3 Å². The monoisotopic (exact) mass is 354 g/mol. The zero-order valence-electron chi connectivity index (χ0n) is 13.5. The summed E-state index contributed by atoms with van der Waals surface area (Å²) in [5.74, 6) is 5.98. The minimum absolute atomic E-state index is 0.0106. The third kappa shape index (κ3) is 2.57. The third-order valence-electron chi connectivity index (χ3n) is 4.94. The number of hydrogen-bond donors (Lipinski definition) is 2. The van der Waals surface area contributed by atoms with Crippen LogP contribution in [0.3, 0.4) is 0 Å². The van der Waals surface area contributed by atoms with Gasteiger partial charge in [-0.25, -0.2) is 4.79 Å². The summed E-state index contributed by atoms with van der Waals surface area (Å²) in [5.41, 5.74) is -0.687. The Morgan fingerprint density at radius 3 is 2.76 bits per heavy atom. The summed E-state index contributed by atoms with van der Waals surface area (Å²) in [6.45, 7) is 1.96. The van der Waals surface area contributed by atoms with Gasteiger partial charge in [-0.15, -0.1) is 0 Å². The summed E-state index contributed by atoms with van der Waals surface area (Å²) in [6.07, 6.45) is 1.60. The molecule has 25 heavy (non-hydrogen) atoms. The number of aromatic hydroxyl groups is 1. The summed E-state index contributed by atoms with van der Waals surface area (Å²) in [4.78, 5) is 12.3. The maximum absolute atomic E-state index is 12.3. The molecule has 1 aliphatic rings. The van der Waals surface area contributed by atoms with Crippen molar-refractivity contribution in [1.82, 2.24) is 0 Å². The van der Waals surface area contributed by atoms with Gasteiger partial charge < -0.3 is 14.6 Å². The normalized spacial score (nSPS) is 22.4. The molecule has 0 saturated heterocycles. The Labute approximate surface area is 148 Å². The van der Waals surface area contributed by atoms with Crippen molar-refractivity contribution in [3.8, 4) is 17.6 Å². The largest absolute Gasteiger partial charge is 0.508 e. The van der Waals surface area contributed by atoms with E-state index in [1.54, 1.807) is 18.2 Å². The number of phenolic OH excluding ortho intramolecular Hbond substituents is 1.